The zero-order valence-corrected chi connectivity index (χ0v) is 21.9. The van der Waals surface area contributed by atoms with Crippen molar-refractivity contribution in [2.45, 2.75) is 6.92 Å². The number of esters is 2. The van der Waals surface area contributed by atoms with Gasteiger partial charge in [-0.1, -0.05) is 96.6 Å². The van der Waals surface area contributed by atoms with Crippen LogP contribution in [0, 0.1) is 6.92 Å². The molecule has 40 heavy (non-hydrogen) atoms. The molecule has 4 aromatic carbocycles. The van der Waals surface area contributed by atoms with Crippen LogP contribution in [0.5, 0.6) is 0 Å². The van der Waals surface area contributed by atoms with E-state index >= 15 is 0 Å². The molecule has 0 unspecified atom stereocenters. The molecule has 196 valence electrons. The molecular weight excluding hydrogens is 502 g/mol. The van der Waals surface area contributed by atoms with Crippen molar-refractivity contribution in [2.75, 3.05) is 17.0 Å². The standard InChI is InChI=1S/C33H25N3O4/c1-22-18-20-23(21-19-22)29-27(32(37)39-2)28(33(38)40-29)31-35(25-14-8-4-9-15-25)30(24-12-6-3-7-13-24)34-36(31)26-16-10-5-11-17-26/h3-21H,1-2H3/b31-28+. The van der Waals surface area contributed by atoms with E-state index in [0.717, 1.165) is 16.8 Å². The van der Waals surface area contributed by atoms with E-state index < -0.39 is 11.9 Å². The first-order valence-corrected chi connectivity index (χ1v) is 12.8. The summed E-state index contributed by atoms with van der Waals surface area (Å²) in [4.78, 5) is 29.1. The quantitative estimate of drug-likeness (QED) is 0.233. The van der Waals surface area contributed by atoms with Crippen LogP contribution in [0.2, 0.25) is 0 Å². The van der Waals surface area contributed by atoms with E-state index in [0.29, 0.717) is 22.9 Å². The molecule has 0 spiro atoms. The molecule has 2 aliphatic heterocycles. The number of rotatable bonds is 5. The molecule has 0 amide bonds. The number of cyclic esters (lactones) is 1. The summed E-state index contributed by atoms with van der Waals surface area (Å²) in [5.74, 6) is -0.258. The van der Waals surface area contributed by atoms with Crippen molar-refractivity contribution in [2.24, 2.45) is 5.10 Å². The Hall–Kier alpha value is -5.43. The Morgan fingerprint density at radius 1 is 0.750 bits per heavy atom. The van der Waals surface area contributed by atoms with Gasteiger partial charge in [0.1, 0.15) is 11.1 Å². The lowest BCUT2D eigenvalue weighted by atomic mass is 10.0. The highest BCUT2D eigenvalue weighted by Gasteiger charge is 2.45. The summed E-state index contributed by atoms with van der Waals surface area (Å²) in [6.45, 7) is 1.96. The van der Waals surface area contributed by atoms with Gasteiger partial charge in [0.2, 0.25) is 0 Å². The second kappa shape index (κ2) is 10.4. The molecule has 2 heterocycles. The largest absolute Gasteiger partial charge is 0.465 e. The minimum atomic E-state index is -0.682. The number of hydrogen-bond donors (Lipinski definition) is 0. The van der Waals surface area contributed by atoms with Crippen LogP contribution in [0.4, 0.5) is 11.4 Å². The number of para-hydroxylation sites is 2. The van der Waals surface area contributed by atoms with Gasteiger partial charge in [-0.25, -0.2) is 14.6 Å². The van der Waals surface area contributed by atoms with Crippen LogP contribution in [0.25, 0.3) is 5.76 Å². The third-order valence-electron chi connectivity index (χ3n) is 6.67. The zero-order valence-electron chi connectivity index (χ0n) is 21.9. The van der Waals surface area contributed by atoms with E-state index in [1.54, 1.807) is 5.01 Å². The van der Waals surface area contributed by atoms with Gasteiger partial charge in [0.25, 0.3) is 0 Å². The Kier molecular flexibility index (Phi) is 6.46. The Balaban J connectivity index is 1.68. The predicted molar refractivity (Wildman–Crippen MR) is 154 cm³/mol. The lowest BCUT2D eigenvalue weighted by Crippen LogP contribution is -2.32. The van der Waals surface area contributed by atoms with Crippen LogP contribution in [0.15, 0.2) is 137 Å². The molecule has 0 radical (unpaired) electrons. The van der Waals surface area contributed by atoms with Gasteiger partial charge in [0, 0.05) is 16.8 Å². The highest BCUT2D eigenvalue weighted by molar-refractivity contribution is 6.21. The molecule has 0 fully saturated rings. The van der Waals surface area contributed by atoms with Gasteiger partial charge in [-0.3, -0.25) is 4.90 Å². The Morgan fingerprint density at radius 2 is 1.32 bits per heavy atom. The van der Waals surface area contributed by atoms with Crippen LogP contribution >= 0.6 is 0 Å². The molecule has 0 aromatic heterocycles. The summed E-state index contributed by atoms with van der Waals surface area (Å²) in [6, 6.07) is 36.2. The predicted octanol–water partition coefficient (Wildman–Crippen LogP) is 6.04. The van der Waals surface area contributed by atoms with Crippen LogP contribution in [-0.2, 0) is 19.1 Å². The van der Waals surface area contributed by atoms with Crippen molar-refractivity contribution in [1.82, 2.24) is 0 Å². The van der Waals surface area contributed by atoms with Crippen LogP contribution in [0.1, 0.15) is 16.7 Å². The average Bonchev–Trinajstić information content (AvgIpc) is 3.56. The third kappa shape index (κ3) is 4.33. The summed E-state index contributed by atoms with van der Waals surface area (Å²) in [5, 5.41) is 6.68. The summed E-state index contributed by atoms with van der Waals surface area (Å²) >= 11 is 0. The maximum absolute atomic E-state index is 13.8. The molecule has 0 saturated heterocycles. The molecule has 7 heteroatoms. The summed E-state index contributed by atoms with van der Waals surface area (Å²) < 4.78 is 11.0. The number of amidine groups is 1. The first kappa shape index (κ1) is 24.9. The molecule has 2 aliphatic rings. The highest BCUT2D eigenvalue weighted by atomic mass is 16.6. The van der Waals surface area contributed by atoms with Crippen molar-refractivity contribution in [3.8, 4) is 0 Å². The third-order valence-corrected chi connectivity index (χ3v) is 6.67. The smallest absolute Gasteiger partial charge is 0.348 e. The van der Waals surface area contributed by atoms with E-state index in [2.05, 4.69) is 0 Å². The van der Waals surface area contributed by atoms with Gasteiger partial charge < -0.3 is 9.47 Å². The van der Waals surface area contributed by atoms with E-state index in [4.69, 9.17) is 14.6 Å². The maximum Gasteiger partial charge on any atom is 0.348 e. The number of methoxy groups -OCH3 is 1. The first-order valence-electron chi connectivity index (χ1n) is 12.8. The van der Waals surface area contributed by atoms with Gasteiger partial charge in [-0.05, 0) is 31.2 Å². The lowest BCUT2D eigenvalue weighted by Gasteiger charge is -2.26. The molecule has 0 atom stereocenters. The van der Waals surface area contributed by atoms with Gasteiger partial charge in [-0.2, -0.15) is 0 Å². The van der Waals surface area contributed by atoms with Crippen molar-refractivity contribution >= 4 is 34.9 Å². The fraction of sp³-hybridized carbons (Fsp3) is 0.0606. The highest BCUT2D eigenvalue weighted by Crippen LogP contribution is 2.42. The van der Waals surface area contributed by atoms with Crippen molar-refractivity contribution in [1.29, 1.82) is 0 Å². The number of carbonyl (C=O) groups is 2. The molecule has 4 aromatic rings. The van der Waals surface area contributed by atoms with Crippen molar-refractivity contribution < 1.29 is 19.1 Å². The molecule has 0 bridgehead atoms. The van der Waals surface area contributed by atoms with Crippen LogP contribution in [-0.4, -0.2) is 24.9 Å². The van der Waals surface area contributed by atoms with Crippen LogP contribution < -0.4 is 9.91 Å². The van der Waals surface area contributed by atoms with Crippen LogP contribution in [0.3, 0.4) is 0 Å². The van der Waals surface area contributed by atoms with Crippen molar-refractivity contribution in [3.05, 3.63) is 149 Å². The summed E-state index contributed by atoms with van der Waals surface area (Å²) in [7, 11) is 1.29. The molecular formula is C33H25N3O4. The molecule has 0 N–H and O–H groups in total. The fourth-order valence-electron chi connectivity index (χ4n) is 4.76. The van der Waals surface area contributed by atoms with Gasteiger partial charge in [-0.15, -0.1) is 5.10 Å². The van der Waals surface area contributed by atoms with E-state index in [-0.39, 0.29) is 16.9 Å². The second-order valence-corrected chi connectivity index (χ2v) is 9.26. The monoisotopic (exact) mass is 527 g/mol. The zero-order chi connectivity index (χ0) is 27.6. The number of nitrogens with zero attached hydrogens (tertiary/aromatic N) is 3. The van der Waals surface area contributed by atoms with E-state index in [1.807, 2.05) is 127 Å². The lowest BCUT2D eigenvalue weighted by molar-refractivity contribution is -0.136. The summed E-state index contributed by atoms with van der Waals surface area (Å²) in [5.41, 5.74) is 4.02. The van der Waals surface area contributed by atoms with Crippen molar-refractivity contribution in [3.63, 3.8) is 0 Å². The average molecular weight is 528 g/mol. The SMILES string of the molecule is COC(=O)C1=C(c2ccc(C)cc2)OC(=O)/C1=C1/N(c2ccccc2)N=C(c2ccccc2)N1c1ccccc1. The maximum atomic E-state index is 13.8. The van der Waals surface area contributed by atoms with E-state index in [1.165, 1.54) is 7.11 Å². The minimum Gasteiger partial charge on any atom is -0.465 e. The normalized spacial score (nSPS) is 16.8. The van der Waals surface area contributed by atoms with Gasteiger partial charge >= 0.3 is 11.9 Å². The number of aryl methyl sites for hydroxylation is 1. The molecule has 0 saturated carbocycles. The minimum absolute atomic E-state index is 0.0396. The van der Waals surface area contributed by atoms with Gasteiger partial charge in [0.05, 0.1) is 12.8 Å². The number of ether oxygens (including phenoxy) is 2. The van der Waals surface area contributed by atoms with E-state index in [9.17, 15) is 9.59 Å². The Bertz CT molecular complexity index is 1680. The first-order chi connectivity index (χ1) is 19.6. The number of benzene rings is 4. The number of hydrogen-bond acceptors (Lipinski definition) is 7. The number of anilines is 2. The molecule has 0 aliphatic carbocycles. The van der Waals surface area contributed by atoms with Gasteiger partial charge in [0.15, 0.2) is 17.4 Å². The number of hydrazone groups is 1. The molecule has 7 nitrogen and oxygen atoms in total. The topological polar surface area (TPSA) is 71.4 Å². The summed E-state index contributed by atoms with van der Waals surface area (Å²) in [6.07, 6.45) is 0. The number of carbonyl (C=O) groups excluding carboxylic acids is 2. The Morgan fingerprint density at radius 3 is 1.93 bits per heavy atom. The molecule has 6 rings (SSSR count). The fourth-order valence-corrected chi connectivity index (χ4v) is 4.76. The second-order valence-electron chi connectivity index (χ2n) is 9.26. The Labute approximate surface area is 231 Å².